The molecule has 2 N–H and O–H groups in total. The summed E-state index contributed by atoms with van der Waals surface area (Å²) < 4.78 is 0. The van der Waals surface area contributed by atoms with E-state index >= 15 is 0 Å². The largest absolute Gasteiger partial charge is 0.354 e. The maximum atomic E-state index is 11.7. The van der Waals surface area contributed by atoms with Crippen LogP contribution >= 0.6 is 0 Å². The number of hydrogen-bond acceptors (Lipinski definition) is 3. The standard InChI is InChI=1S/C13H21N3O/c1-10(2)8-16-13(17)11(3)15-9-12-6-4-5-7-14-12/h4-7,10-11,15H,8-9H2,1-3H3,(H,16,17). The number of amides is 1. The molecule has 0 radical (unpaired) electrons. The average molecular weight is 235 g/mol. The topological polar surface area (TPSA) is 54.0 Å². The molecule has 0 bridgehead atoms. The average Bonchev–Trinajstić information content (AvgIpc) is 2.34. The minimum atomic E-state index is -0.198. The third-order valence-corrected chi connectivity index (χ3v) is 2.39. The van der Waals surface area contributed by atoms with E-state index in [4.69, 9.17) is 0 Å². The molecule has 0 saturated heterocycles. The lowest BCUT2D eigenvalue weighted by molar-refractivity contribution is -0.122. The number of carbonyl (C=O) groups is 1. The second-order valence-corrected chi connectivity index (χ2v) is 4.56. The van der Waals surface area contributed by atoms with Crippen molar-refractivity contribution in [3.8, 4) is 0 Å². The van der Waals surface area contributed by atoms with Crippen LogP contribution < -0.4 is 10.6 Å². The van der Waals surface area contributed by atoms with Gasteiger partial charge in [-0.1, -0.05) is 19.9 Å². The second kappa shape index (κ2) is 7.01. The van der Waals surface area contributed by atoms with E-state index in [0.717, 1.165) is 5.69 Å². The first-order valence-corrected chi connectivity index (χ1v) is 6.00. The summed E-state index contributed by atoms with van der Waals surface area (Å²) in [6.07, 6.45) is 1.75. The van der Waals surface area contributed by atoms with Crippen molar-refractivity contribution in [1.29, 1.82) is 0 Å². The molecule has 4 nitrogen and oxygen atoms in total. The molecular weight excluding hydrogens is 214 g/mol. The van der Waals surface area contributed by atoms with Crippen LogP contribution in [0.2, 0.25) is 0 Å². The maximum Gasteiger partial charge on any atom is 0.236 e. The molecule has 0 aliphatic carbocycles. The zero-order valence-electron chi connectivity index (χ0n) is 10.7. The van der Waals surface area contributed by atoms with Gasteiger partial charge in [-0.25, -0.2) is 0 Å². The van der Waals surface area contributed by atoms with Crippen molar-refractivity contribution in [2.75, 3.05) is 6.54 Å². The van der Waals surface area contributed by atoms with E-state index in [1.54, 1.807) is 6.20 Å². The predicted molar refractivity (Wildman–Crippen MR) is 68.4 cm³/mol. The van der Waals surface area contributed by atoms with Gasteiger partial charge < -0.3 is 10.6 Å². The molecule has 1 atom stereocenters. The zero-order valence-corrected chi connectivity index (χ0v) is 10.7. The zero-order chi connectivity index (χ0) is 12.7. The number of pyridine rings is 1. The molecule has 1 amide bonds. The highest BCUT2D eigenvalue weighted by Gasteiger charge is 2.11. The Morgan fingerprint density at radius 1 is 1.35 bits per heavy atom. The van der Waals surface area contributed by atoms with Crippen molar-refractivity contribution in [2.24, 2.45) is 5.92 Å². The Hall–Kier alpha value is -1.42. The van der Waals surface area contributed by atoms with Gasteiger partial charge in [0.1, 0.15) is 0 Å². The molecule has 1 unspecified atom stereocenters. The van der Waals surface area contributed by atoms with Crippen LogP contribution in [-0.4, -0.2) is 23.5 Å². The van der Waals surface area contributed by atoms with Crippen LogP contribution in [-0.2, 0) is 11.3 Å². The molecule has 1 aromatic rings. The van der Waals surface area contributed by atoms with Gasteiger partial charge in [0, 0.05) is 19.3 Å². The van der Waals surface area contributed by atoms with Crippen LogP contribution in [0.15, 0.2) is 24.4 Å². The molecule has 0 saturated carbocycles. The van der Waals surface area contributed by atoms with Crippen LogP contribution in [0.1, 0.15) is 26.5 Å². The van der Waals surface area contributed by atoms with E-state index in [0.29, 0.717) is 19.0 Å². The first-order chi connectivity index (χ1) is 8.09. The van der Waals surface area contributed by atoms with Gasteiger partial charge in [0.2, 0.25) is 5.91 Å². The number of rotatable bonds is 6. The van der Waals surface area contributed by atoms with Crippen molar-refractivity contribution in [3.63, 3.8) is 0 Å². The summed E-state index contributed by atoms with van der Waals surface area (Å²) in [5.74, 6) is 0.511. The summed E-state index contributed by atoms with van der Waals surface area (Å²) in [4.78, 5) is 15.9. The van der Waals surface area contributed by atoms with Crippen LogP contribution in [0.4, 0.5) is 0 Å². The normalized spacial score (nSPS) is 12.5. The minimum Gasteiger partial charge on any atom is -0.354 e. The summed E-state index contributed by atoms with van der Waals surface area (Å²) in [7, 11) is 0. The van der Waals surface area contributed by atoms with E-state index in [-0.39, 0.29) is 11.9 Å². The highest BCUT2D eigenvalue weighted by atomic mass is 16.2. The fourth-order valence-corrected chi connectivity index (χ4v) is 1.31. The lowest BCUT2D eigenvalue weighted by Gasteiger charge is -2.14. The van der Waals surface area contributed by atoms with Gasteiger partial charge in [-0.3, -0.25) is 9.78 Å². The van der Waals surface area contributed by atoms with Crippen molar-refractivity contribution >= 4 is 5.91 Å². The quantitative estimate of drug-likeness (QED) is 0.782. The number of nitrogens with zero attached hydrogens (tertiary/aromatic N) is 1. The molecule has 0 aliphatic heterocycles. The number of aromatic nitrogens is 1. The van der Waals surface area contributed by atoms with Gasteiger partial charge in [-0.15, -0.1) is 0 Å². The number of nitrogens with one attached hydrogen (secondary N) is 2. The summed E-state index contributed by atoms with van der Waals surface area (Å²) >= 11 is 0. The fourth-order valence-electron chi connectivity index (χ4n) is 1.31. The molecule has 17 heavy (non-hydrogen) atoms. The first-order valence-electron chi connectivity index (χ1n) is 6.00. The Balaban J connectivity index is 2.29. The Bertz CT molecular complexity index is 338. The third kappa shape index (κ3) is 5.45. The minimum absolute atomic E-state index is 0.0367. The Morgan fingerprint density at radius 3 is 2.71 bits per heavy atom. The van der Waals surface area contributed by atoms with Crippen molar-refractivity contribution in [1.82, 2.24) is 15.6 Å². The van der Waals surface area contributed by atoms with E-state index < -0.39 is 0 Å². The van der Waals surface area contributed by atoms with Crippen molar-refractivity contribution < 1.29 is 4.79 Å². The monoisotopic (exact) mass is 235 g/mol. The highest BCUT2D eigenvalue weighted by Crippen LogP contribution is 1.94. The van der Waals surface area contributed by atoms with Crippen LogP contribution in [0.25, 0.3) is 0 Å². The van der Waals surface area contributed by atoms with E-state index in [9.17, 15) is 4.79 Å². The molecule has 0 fully saturated rings. The highest BCUT2D eigenvalue weighted by molar-refractivity contribution is 5.81. The summed E-state index contributed by atoms with van der Waals surface area (Å²) in [6, 6.07) is 5.55. The van der Waals surface area contributed by atoms with Gasteiger partial charge in [0.25, 0.3) is 0 Å². The lowest BCUT2D eigenvalue weighted by atomic mass is 10.2. The van der Waals surface area contributed by atoms with Gasteiger partial charge in [-0.05, 0) is 25.0 Å². The predicted octanol–water partition coefficient (Wildman–Crippen LogP) is 1.33. The van der Waals surface area contributed by atoms with Crippen LogP contribution in [0.5, 0.6) is 0 Å². The SMILES string of the molecule is CC(C)CNC(=O)C(C)NCc1ccccn1. The number of carbonyl (C=O) groups excluding carboxylic acids is 1. The van der Waals surface area contributed by atoms with Crippen molar-refractivity contribution in [2.45, 2.75) is 33.4 Å². The number of hydrogen-bond donors (Lipinski definition) is 2. The van der Waals surface area contributed by atoms with Crippen LogP contribution in [0, 0.1) is 5.92 Å². The third-order valence-electron chi connectivity index (χ3n) is 2.39. The van der Waals surface area contributed by atoms with Crippen molar-refractivity contribution in [3.05, 3.63) is 30.1 Å². The molecule has 0 aliphatic rings. The lowest BCUT2D eigenvalue weighted by Crippen LogP contribution is -2.43. The smallest absolute Gasteiger partial charge is 0.236 e. The molecule has 4 heteroatoms. The Morgan fingerprint density at radius 2 is 2.12 bits per heavy atom. The molecular formula is C13H21N3O. The maximum absolute atomic E-state index is 11.7. The molecule has 0 spiro atoms. The molecule has 94 valence electrons. The van der Waals surface area contributed by atoms with Gasteiger partial charge >= 0.3 is 0 Å². The fraction of sp³-hybridized carbons (Fsp3) is 0.538. The Labute approximate surface area is 103 Å². The van der Waals surface area contributed by atoms with E-state index in [2.05, 4.69) is 29.5 Å². The molecule has 1 rings (SSSR count). The first kappa shape index (κ1) is 13.6. The molecule has 0 aromatic carbocycles. The van der Waals surface area contributed by atoms with E-state index in [1.165, 1.54) is 0 Å². The van der Waals surface area contributed by atoms with Gasteiger partial charge in [-0.2, -0.15) is 0 Å². The summed E-state index contributed by atoms with van der Waals surface area (Å²) in [6.45, 7) is 7.34. The Kier molecular flexibility index (Phi) is 5.63. The molecule has 1 heterocycles. The summed E-state index contributed by atoms with van der Waals surface area (Å²) in [5.41, 5.74) is 0.941. The van der Waals surface area contributed by atoms with E-state index in [1.807, 2.05) is 25.1 Å². The summed E-state index contributed by atoms with van der Waals surface area (Å²) in [5, 5.41) is 6.04. The second-order valence-electron chi connectivity index (χ2n) is 4.56. The molecule has 1 aromatic heterocycles. The van der Waals surface area contributed by atoms with Gasteiger partial charge in [0.05, 0.1) is 11.7 Å². The van der Waals surface area contributed by atoms with Gasteiger partial charge in [0.15, 0.2) is 0 Å². The van der Waals surface area contributed by atoms with Crippen LogP contribution in [0.3, 0.4) is 0 Å².